The maximum atomic E-state index is 12.9. The second-order valence-corrected chi connectivity index (χ2v) is 5.79. The van der Waals surface area contributed by atoms with Crippen molar-refractivity contribution in [1.29, 1.82) is 0 Å². The minimum absolute atomic E-state index is 0.0278. The second kappa shape index (κ2) is 6.76. The number of fused-ring (bicyclic) bond motifs is 1. The zero-order chi connectivity index (χ0) is 17.9. The average molecular weight is 347 g/mol. The highest BCUT2D eigenvalue weighted by atomic mass is 19.1. The Bertz CT molecular complexity index is 1070. The summed E-state index contributed by atoms with van der Waals surface area (Å²) in [6.45, 7) is 0. The summed E-state index contributed by atoms with van der Waals surface area (Å²) in [6, 6.07) is 19.2. The number of aromatic nitrogens is 2. The molecule has 0 atom stereocenters. The quantitative estimate of drug-likeness (QED) is 0.601. The number of hydrogen-bond acceptors (Lipinski definition) is 4. The third-order valence-corrected chi connectivity index (χ3v) is 3.99. The number of anilines is 1. The molecule has 0 bridgehead atoms. The summed E-state index contributed by atoms with van der Waals surface area (Å²) < 4.78 is 18.4. The van der Waals surface area contributed by atoms with E-state index in [1.165, 1.54) is 12.1 Å². The van der Waals surface area contributed by atoms with Crippen LogP contribution in [0.2, 0.25) is 0 Å². The summed E-state index contributed by atoms with van der Waals surface area (Å²) in [7, 11) is 0. The molecule has 26 heavy (non-hydrogen) atoms. The summed E-state index contributed by atoms with van der Waals surface area (Å²) in [5.41, 5.74) is 1.36. The molecular formula is C20H14FN3O2. The third kappa shape index (κ3) is 3.30. The van der Waals surface area contributed by atoms with Gasteiger partial charge in [-0.15, -0.1) is 5.10 Å². The Balaban J connectivity index is 1.51. The highest BCUT2D eigenvalue weighted by Crippen LogP contribution is 2.20. The average Bonchev–Trinajstić information content (AvgIpc) is 3.10. The molecule has 0 aliphatic carbocycles. The molecule has 3 aromatic carbocycles. The first kappa shape index (κ1) is 16.0. The molecule has 0 unspecified atom stereocenters. The van der Waals surface area contributed by atoms with Crippen LogP contribution < -0.4 is 5.32 Å². The van der Waals surface area contributed by atoms with Crippen LogP contribution in [-0.4, -0.2) is 16.1 Å². The Morgan fingerprint density at radius 3 is 2.58 bits per heavy atom. The fourth-order valence-corrected chi connectivity index (χ4v) is 2.74. The standard InChI is InChI=1S/C20H14FN3O2/c21-15-10-8-13(9-11-15)12-18-23-24-20(26-18)22-19(25)17-7-3-5-14-4-1-2-6-16(14)17/h1-11H,12H2,(H,22,24,25). The van der Waals surface area contributed by atoms with Crippen LogP contribution in [0.5, 0.6) is 0 Å². The number of amides is 1. The van der Waals surface area contributed by atoms with Gasteiger partial charge in [-0.05, 0) is 34.5 Å². The van der Waals surface area contributed by atoms with Crippen molar-refractivity contribution in [3.05, 3.63) is 89.6 Å². The Morgan fingerprint density at radius 1 is 0.962 bits per heavy atom. The lowest BCUT2D eigenvalue weighted by atomic mass is 10.0. The van der Waals surface area contributed by atoms with Gasteiger partial charge in [-0.1, -0.05) is 53.6 Å². The van der Waals surface area contributed by atoms with Crippen LogP contribution in [0.25, 0.3) is 10.8 Å². The topological polar surface area (TPSA) is 68.0 Å². The molecular weight excluding hydrogens is 333 g/mol. The van der Waals surface area contributed by atoms with Crippen LogP contribution in [0.15, 0.2) is 71.1 Å². The molecule has 0 spiro atoms. The molecule has 1 heterocycles. The maximum absolute atomic E-state index is 12.9. The van der Waals surface area contributed by atoms with Gasteiger partial charge in [0.1, 0.15) is 5.82 Å². The van der Waals surface area contributed by atoms with Crippen molar-refractivity contribution in [2.75, 3.05) is 5.32 Å². The number of nitrogens with zero attached hydrogens (tertiary/aromatic N) is 2. The van der Waals surface area contributed by atoms with Gasteiger partial charge in [0, 0.05) is 5.56 Å². The van der Waals surface area contributed by atoms with E-state index >= 15 is 0 Å². The number of hydrogen-bond donors (Lipinski definition) is 1. The van der Waals surface area contributed by atoms with Gasteiger partial charge < -0.3 is 4.42 Å². The van der Waals surface area contributed by atoms with Gasteiger partial charge >= 0.3 is 6.01 Å². The van der Waals surface area contributed by atoms with E-state index < -0.39 is 0 Å². The molecule has 0 aliphatic heterocycles. The van der Waals surface area contributed by atoms with Gasteiger partial charge in [0.2, 0.25) is 5.89 Å². The van der Waals surface area contributed by atoms with Crippen molar-refractivity contribution < 1.29 is 13.6 Å². The van der Waals surface area contributed by atoms with Crippen LogP contribution in [-0.2, 0) is 6.42 Å². The Labute approximate surface area is 148 Å². The first-order chi connectivity index (χ1) is 12.7. The van der Waals surface area contributed by atoms with Crippen molar-refractivity contribution in [3.8, 4) is 0 Å². The Kier molecular flexibility index (Phi) is 4.15. The van der Waals surface area contributed by atoms with Gasteiger partial charge in [-0.3, -0.25) is 10.1 Å². The van der Waals surface area contributed by atoms with Gasteiger partial charge in [-0.25, -0.2) is 4.39 Å². The fourth-order valence-electron chi connectivity index (χ4n) is 2.74. The van der Waals surface area contributed by atoms with E-state index in [1.54, 1.807) is 18.2 Å². The summed E-state index contributed by atoms with van der Waals surface area (Å²) in [5, 5.41) is 12.2. The zero-order valence-corrected chi connectivity index (χ0v) is 13.6. The third-order valence-electron chi connectivity index (χ3n) is 3.99. The van der Waals surface area contributed by atoms with E-state index in [0.717, 1.165) is 16.3 Å². The predicted octanol–water partition coefficient (Wildman–Crippen LogP) is 4.21. The van der Waals surface area contributed by atoms with Crippen LogP contribution in [0.3, 0.4) is 0 Å². The van der Waals surface area contributed by atoms with E-state index in [-0.39, 0.29) is 17.7 Å². The van der Waals surface area contributed by atoms with E-state index in [1.807, 2.05) is 36.4 Å². The van der Waals surface area contributed by atoms with Gasteiger partial charge in [0.25, 0.3) is 5.91 Å². The minimum atomic E-state index is -0.321. The number of nitrogens with one attached hydrogen (secondary N) is 1. The number of carbonyl (C=O) groups is 1. The highest BCUT2D eigenvalue weighted by Gasteiger charge is 2.14. The molecule has 0 aliphatic rings. The summed E-state index contributed by atoms with van der Waals surface area (Å²) in [5.74, 6) is -0.286. The lowest BCUT2D eigenvalue weighted by Gasteiger charge is -2.05. The van der Waals surface area contributed by atoms with Crippen molar-refractivity contribution in [1.82, 2.24) is 10.2 Å². The molecule has 4 aromatic rings. The molecule has 4 rings (SSSR count). The van der Waals surface area contributed by atoms with Crippen molar-refractivity contribution >= 4 is 22.7 Å². The van der Waals surface area contributed by atoms with Crippen LogP contribution >= 0.6 is 0 Å². The molecule has 0 saturated heterocycles. The van der Waals surface area contributed by atoms with Crippen LogP contribution in [0, 0.1) is 5.82 Å². The minimum Gasteiger partial charge on any atom is -0.407 e. The molecule has 1 amide bonds. The number of carbonyl (C=O) groups excluding carboxylic acids is 1. The van der Waals surface area contributed by atoms with E-state index in [2.05, 4.69) is 15.5 Å². The van der Waals surface area contributed by atoms with E-state index in [4.69, 9.17) is 4.42 Å². The molecule has 0 fully saturated rings. The maximum Gasteiger partial charge on any atom is 0.322 e. The van der Waals surface area contributed by atoms with Gasteiger partial charge in [0.15, 0.2) is 0 Å². The monoisotopic (exact) mass is 347 g/mol. The molecule has 128 valence electrons. The molecule has 0 saturated carbocycles. The van der Waals surface area contributed by atoms with E-state index in [9.17, 15) is 9.18 Å². The molecule has 1 aromatic heterocycles. The zero-order valence-electron chi connectivity index (χ0n) is 13.6. The fraction of sp³-hybridized carbons (Fsp3) is 0.0500. The summed E-state index contributed by atoms with van der Waals surface area (Å²) in [4.78, 5) is 12.6. The number of rotatable bonds is 4. The predicted molar refractivity (Wildman–Crippen MR) is 95.4 cm³/mol. The molecule has 6 heteroatoms. The highest BCUT2D eigenvalue weighted by molar-refractivity contribution is 6.12. The first-order valence-electron chi connectivity index (χ1n) is 8.05. The van der Waals surface area contributed by atoms with Gasteiger partial charge in [-0.2, -0.15) is 0 Å². The smallest absolute Gasteiger partial charge is 0.322 e. The molecule has 0 radical (unpaired) electrons. The van der Waals surface area contributed by atoms with Crippen molar-refractivity contribution in [3.63, 3.8) is 0 Å². The van der Waals surface area contributed by atoms with Crippen molar-refractivity contribution in [2.45, 2.75) is 6.42 Å². The Morgan fingerprint density at radius 2 is 1.73 bits per heavy atom. The molecule has 1 N–H and O–H groups in total. The van der Waals surface area contributed by atoms with Crippen molar-refractivity contribution in [2.24, 2.45) is 0 Å². The molecule has 5 nitrogen and oxygen atoms in total. The van der Waals surface area contributed by atoms with Crippen LogP contribution in [0.1, 0.15) is 21.8 Å². The summed E-state index contributed by atoms with van der Waals surface area (Å²) in [6.07, 6.45) is 0.359. The first-order valence-corrected chi connectivity index (χ1v) is 8.05. The largest absolute Gasteiger partial charge is 0.407 e. The number of halogens is 1. The van der Waals surface area contributed by atoms with E-state index in [0.29, 0.717) is 17.9 Å². The lowest BCUT2D eigenvalue weighted by molar-refractivity contribution is 0.102. The second-order valence-electron chi connectivity index (χ2n) is 5.79. The van der Waals surface area contributed by atoms with Gasteiger partial charge in [0.05, 0.1) is 6.42 Å². The van der Waals surface area contributed by atoms with Crippen LogP contribution in [0.4, 0.5) is 10.4 Å². The normalized spacial score (nSPS) is 10.8. The lowest BCUT2D eigenvalue weighted by Crippen LogP contribution is -2.12. The SMILES string of the molecule is O=C(Nc1nnc(Cc2ccc(F)cc2)o1)c1cccc2ccccc12. The Hall–Kier alpha value is -3.54. The number of benzene rings is 3. The summed E-state index contributed by atoms with van der Waals surface area (Å²) >= 11 is 0.